The van der Waals surface area contributed by atoms with Crippen molar-refractivity contribution in [3.05, 3.63) is 235 Å². The molecule has 0 aliphatic carbocycles. The molecular weight excluding hydrogens is 833 g/mol. The minimum Gasteiger partial charge on any atom is -0.309 e. The Labute approximate surface area is 391 Å². The standard InChI is InChI=1S/C60H34N8/c1-62-43-29-32-54-49(35-43)45-18-9-11-21-51(45)67(54)53-31-28-42(39-26-24-38(37-61)25-27-39)34-48(53)47-20-13-23-56(68-52-22-12-10-19-46(52)50-36-44(63-2)30-33-55(50)68)57(47)60-65-58(40-14-5-3-6-15-40)64-59(66-60)41-16-7-4-8-17-41/h3-36H. The average molecular weight is 867 g/mol. The first-order valence-electron chi connectivity index (χ1n) is 22.1. The Bertz CT molecular complexity index is 4050. The molecular formula is C60H34N8. The molecule has 0 unspecified atom stereocenters. The second-order valence-electron chi connectivity index (χ2n) is 16.5. The lowest BCUT2D eigenvalue weighted by Crippen LogP contribution is -2.06. The number of hydrogen-bond donors (Lipinski definition) is 0. The Morgan fingerprint density at radius 3 is 1.44 bits per heavy atom. The second kappa shape index (κ2) is 16.2. The molecule has 314 valence electrons. The van der Waals surface area contributed by atoms with Crippen molar-refractivity contribution in [2.75, 3.05) is 0 Å². The summed E-state index contributed by atoms with van der Waals surface area (Å²) < 4.78 is 4.55. The minimum absolute atomic E-state index is 0.477. The number of para-hydroxylation sites is 2. The predicted octanol–water partition coefficient (Wildman–Crippen LogP) is 15.4. The Kier molecular flexibility index (Phi) is 9.47. The summed E-state index contributed by atoms with van der Waals surface area (Å²) >= 11 is 0. The zero-order valence-corrected chi connectivity index (χ0v) is 36.2. The van der Waals surface area contributed by atoms with Crippen LogP contribution in [0.2, 0.25) is 0 Å². The van der Waals surface area contributed by atoms with Gasteiger partial charge in [-0.15, -0.1) is 0 Å². The normalized spacial score (nSPS) is 11.2. The van der Waals surface area contributed by atoms with Gasteiger partial charge in [0.25, 0.3) is 0 Å². The predicted molar refractivity (Wildman–Crippen MR) is 273 cm³/mol. The van der Waals surface area contributed by atoms with E-state index in [1.54, 1.807) is 0 Å². The van der Waals surface area contributed by atoms with Crippen LogP contribution in [0.1, 0.15) is 5.56 Å². The maximum Gasteiger partial charge on any atom is 0.188 e. The van der Waals surface area contributed by atoms with Crippen molar-refractivity contribution in [1.29, 1.82) is 5.26 Å². The molecule has 8 heteroatoms. The number of nitrogens with zero attached hydrogens (tertiary/aromatic N) is 8. The van der Waals surface area contributed by atoms with Crippen LogP contribution in [-0.2, 0) is 0 Å². The molecule has 8 nitrogen and oxygen atoms in total. The Morgan fingerprint density at radius 1 is 0.382 bits per heavy atom. The first-order valence-corrected chi connectivity index (χ1v) is 22.1. The minimum atomic E-state index is 0.477. The largest absolute Gasteiger partial charge is 0.309 e. The van der Waals surface area contributed by atoms with E-state index in [-0.39, 0.29) is 0 Å². The van der Waals surface area contributed by atoms with E-state index in [0.29, 0.717) is 34.4 Å². The summed E-state index contributed by atoms with van der Waals surface area (Å²) in [6.45, 7) is 15.8. The van der Waals surface area contributed by atoms with E-state index in [9.17, 15) is 5.26 Å². The number of aromatic nitrogens is 5. The third kappa shape index (κ3) is 6.55. The van der Waals surface area contributed by atoms with Gasteiger partial charge in [0.05, 0.1) is 63.8 Å². The van der Waals surface area contributed by atoms with Crippen LogP contribution < -0.4 is 0 Å². The van der Waals surface area contributed by atoms with Crippen molar-refractivity contribution in [2.24, 2.45) is 0 Å². The summed E-state index contributed by atoms with van der Waals surface area (Å²) in [5, 5.41) is 13.7. The molecule has 0 saturated heterocycles. The summed E-state index contributed by atoms with van der Waals surface area (Å²) in [5.74, 6) is 1.54. The van der Waals surface area contributed by atoms with Crippen molar-refractivity contribution < 1.29 is 0 Å². The maximum atomic E-state index is 9.73. The van der Waals surface area contributed by atoms with Crippen LogP contribution >= 0.6 is 0 Å². The van der Waals surface area contributed by atoms with Crippen molar-refractivity contribution in [2.45, 2.75) is 0 Å². The lowest BCUT2D eigenvalue weighted by Gasteiger charge is -2.21. The molecule has 68 heavy (non-hydrogen) atoms. The third-order valence-electron chi connectivity index (χ3n) is 12.7. The summed E-state index contributed by atoms with van der Waals surface area (Å²) in [6, 6.07) is 71.2. The Balaban J connectivity index is 1.25. The van der Waals surface area contributed by atoms with Gasteiger partial charge in [0, 0.05) is 27.5 Å². The maximum absolute atomic E-state index is 9.73. The van der Waals surface area contributed by atoms with E-state index in [4.69, 9.17) is 28.1 Å². The van der Waals surface area contributed by atoms with Crippen LogP contribution in [0.5, 0.6) is 0 Å². The smallest absolute Gasteiger partial charge is 0.188 e. The summed E-state index contributed by atoms with van der Waals surface area (Å²) in [6.07, 6.45) is 0. The van der Waals surface area contributed by atoms with Crippen molar-refractivity contribution in [1.82, 2.24) is 24.1 Å². The summed E-state index contributed by atoms with van der Waals surface area (Å²) in [4.78, 5) is 23.6. The van der Waals surface area contributed by atoms with Gasteiger partial charge in [0.2, 0.25) is 0 Å². The number of nitriles is 1. The number of fused-ring (bicyclic) bond motifs is 6. The van der Waals surface area contributed by atoms with Gasteiger partial charge in [-0.2, -0.15) is 5.26 Å². The molecule has 3 aromatic heterocycles. The lowest BCUT2D eigenvalue weighted by atomic mass is 9.92. The van der Waals surface area contributed by atoms with E-state index in [1.807, 2.05) is 146 Å². The monoisotopic (exact) mass is 866 g/mol. The van der Waals surface area contributed by atoms with E-state index in [1.165, 1.54) is 0 Å². The molecule has 3 heterocycles. The fraction of sp³-hybridized carbons (Fsp3) is 0. The van der Waals surface area contributed by atoms with Gasteiger partial charge < -0.3 is 9.13 Å². The lowest BCUT2D eigenvalue weighted by molar-refractivity contribution is 1.06. The van der Waals surface area contributed by atoms with E-state index < -0.39 is 0 Å². The average Bonchev–Trinajstić information content (AvgIpc) is 3.92. The van der Waals surface area contributed by atoms with Gasteiger partial charge >= 0.3 is 0 Å². The topological polar surface area (TPSA) is 81.0 Å². The molecule has 0 radical (unpaired) electrons. The number of rotatable bonds is 7. The highest BCUT2D eigenvalue weighted by atomic mass is 15.1. The fourth-order valence-electron chi connectivity index (χ4n) is 9.55. The third-order valence-corrected chi connectivity index (χ3v) is 12.7. The number of benzene rings is 9. The first kappa shape index (κ1) is 39.6. The molecule has 0 saturated carbocycles. The van der Waals surface area contributed by atoms with Crippen molar-refractivity contribution in [3.63, 3.8) is 0 Å². The van der Waals surface area contributed by atoms with Crippen molar-refractivity contribution >= 4 is 55.0 Å². The van der Waals surface area contributed by atoms with Gasteiger partial charge in [-0.1, -0.05) is 140 Å². The Hall–Kier alpha value is -9.94. The zero-order chi connectivity index (χ0) is 45.7. The quantitative estimate of drug-likeness (QED) is 0.149. The van der Waals surface area contributed by atoms with Gasteiger partial charge in [0.1, 0.15) is 0 Å². The zero-order valence-electron chi connectivity index (χ0n) is 36.2. The molecule has 0 aliphatic heterocycles. The molecule has 12 rings (SSSR count). The SMILES string of the molecule is [C-]#[N+]c1ccc2c(c1)c1ccccc1n2-c1ccc(-c2ccc(C#N)cc2)cc1-c1cccc(-n2c3ccccc3c3cc([N+]#[C-])ccc32)c1-c1nc(-c2ccccc2)nc(-c2ccccc2)n1. The molecule has 0 spiro atoms. The van der Waals surface area contributed by atoms with Gasteiger partial charge in [-0.25, -0.2) is 24.6 Å². The Morgan fingerprint density at radius 2 is 0.882 bits per heavy atom. The van der Waals surface area contributed by atoms with Gasteiger partial charge in [-0.3, -0.25) is 0 Å². The van der Waals surface area contributed by atoms with Crippen LogP contribution in [-0.4, -0.2) is 24.1 Å². The van der Waals surface area contributed by atoms with Gasteiger partial charge in [-0.05, 0) is 94.2 Å². The van der Waals surface area contributed by atoms with E-state index in [2.05, 4.69) is 85.6 Å². The highest BCUT2D eigenvalue weighted by molar-refractivity contribution is 6.13. The molecule has 12 aromatic rings. The van der Waals surface area contributed by atoms with Crippen molar-refractivity contribution in [3.8, 4) is 73.9 Å². The fourth-order valence-corrected chi connectivity index (χ4v) is 9.55. The van der Waals surface area contributed by atoms with Gasteiger partial charge in [0.15, 0.2) is 28.8 Å². The highest BCUT2D eigenvalue weighted by Crippen LogP contribution is 2.46. The van der Waals surface area contributed by atoms with E-state index in [0.717, 1.165) is 93.9 Å². The highest BCUT2D eigenvalue weighted by Gasteiger charge is 2.26. The molecule has 0 atom stereocenters. The molecule has 0 amide bonds. The molecule has 0 bridgehead atoms. The van der Waals surface area contributed by atoms with Crippen LogP contribution in [0.25, 0.3) is 121 Å². The molecule has 0 fully saturated rings. The van der Waals surface area contributed by atoms with Crippen LogP contribution in [0, 0.1) is 24.5 Å². The second-order valence-corrected chi connectivity index (χ2v) is 16.5. The van der Waals surface area contributed by atoms with Crippen LogP contribution in [0.15, 0.2) is 206 Å². The summed E-state index contributed by atoms with van der Waals surface area (Å²) in [7, 11) is 0. The molecule has 0 N–H and O–H groups in total. The molecule has 9 aromatic carbocycles. The molecule has 0 aliphatic rings. The van der Waals surface area contributed by atoms with Crippen LogP contribution in [0.3, 0.4) is 0 Å². The van der Waals surface area contributed by atoms with E-state index >= 15 is 0 Å². The first-order chi connectivity index (χ1) is 33.6. The van der Waals surface area contributed by atoms with Crippen LogP contribution in [0.4, 0.5) is 11.4 Å². The summed E-state index contributed by atoms with van der Waals surface area (Å²) in [5.41, 5.74) is 13.5. The number of hydrogen-bond acceptors (Lipinski definition) is 4.